The van der Waals surface area contributed by atoms with Crippen molar-refractivity contribution in [3.8, 4) is 0 Å². The second kappa shape index (κ2) is 6.83. The van der Waals surface area contributed by atoms with Crippen molar-refractivity contribution in [1.82, 2.24) is 10.3 Å². The Labute approximate surface area is 119 Å². The van der Waals surface area contributed by atoms with Gasteiger partial charge in [0, 0.05) is 23.9 Å². The van der Waals surface area contributed by atoms with Gasteiger partial charge in [0.1, 0.15) is 0 Å². The summed E-state index contributed by atoms with van der Waals surface area (Å²) in [5, 5.41) is 4.75. The van der Waals surface area contributed by atoms with Crippen molar-refractivity contribution in [2.45, 2.75) is 46.2 Å². The van der Waals surface area contributed by atoms with Crippen LogP contribution in [0, 0.1) is 6.92 Å². The van der Waals surface area contributed by atoms with Gasteiger partial charge in [-0.1, -0.05) is 37.3 Å². The first-order chi connectivity index (χ1) is 9.19. The highest BCUT2D eigenvalue weighted by atomic mass is 32.1. The van der Waals surface area contributed by atoms with Crippen LogP contribution in [0.3, 0.4) is 0 Å². The molecule has 1 atom stereocenters. The average molecular weight is 274 g/mol. The molecule has 3 heteroatoms. The molecule has 102 valence electrons. The van der Waals surface area contributed by atoms with Crippen LogP contribution in [0.2, 0.25) is 0 Å². The number of benzene rings is 1. The van der Waals surface area contributed by atoms with Crippen molar-refractivity contribution in [2.75, 3.05) is 0 Å². The Balaban J connectivity index is 2.00. The maximum absolute atomic E-state index is 4.69. The third-order valence-electron chi connectivity index (χ3n) is 3.36. The lowest BCUT2D eigenvalue weighted by molar-refractivity contribution is 0.536. The number of aromatic nitrogens is 1. The van der Waals surface area contributed by atoms with Crippen molar-refractivity contribution >= 4 is 11.3 Å². The predicted molar refractivity (Wildman–Crippen MR) is 82.7 cm³/mol. The first-order valence-corrected chi connectivity index (χ1v) is 7.73. The number of aryl methyl sites for hydroxylation is 1. The van der Waals surface area contributed by atoms with Gasteiger partial charge in [-0.15, -0.1) is 11.3 Å². The van der Waals surface area contributed by atoms with Gasteiger partial charge >= 0.3 is 0 Å². The highest BCUT2D eigenvalue weighted by Crippen LogP contribution is 2.20. The molecule has 0 aliphatic heterocycles. The van der Waals surface area contributed by atoms with Gasteiger partial charge in [-0.25, -0.2) is 4.98 Å². The molecule has 0 aliphatic carbocycles. The van der Waals surface area contributed by atoms with E-state index in [0.717, 1.165) is 19.4 Å². The minimum Gasteiger partial charge on any atom is -0.309 e. The molecule has 0 saturated carbocycles. The minimum atomic E-state index is 0.569. The molecule has 0 bridgehead atoms. The normalized spacial score (nSPS) is 12.6. The third-order valence-corrected chi connectivity index (χ3v) is 4.52. The molecular weight excluding hydrogens is 252 g/mol. The zero-order valence-corrected chi connectivity index (χ0v) is 12.8. The van der Waals surface area contributed by atoms with E-state index in [1.165, 1.54) is 21.1 Å². The Morgan fingerprint density at radius 3 is 2.68 bits per heavy atom. The fourth-order valence-electron chi connectivity index (χ4n) is 1.91. The molecule has 0 radical (unpaired) electrons. The van der Waals surface area contributed by atoms with Crippen LogP contribution in [0.15, 0.2) is 30.3 Å². The third kappa shape index (κ3) is 4.15. The van der Waals surface area contributed by atoms with Crippen LogP contribution in [-0.2, 0) is 13.0 Å². The molecule has 1 aromatic carbocycles. The number of nitrogens with zero attached hydrogens (tertiary/aromatic N) is 1. The van der Waals surface area contributed by atoms with E-state index in [2.05, 4.69) is 61.4 Å². The maximum Gasteiger partial charge on any atom is 0.0975 e. The summed E-state index contributed by atoms with van der Waals surface area (Å²) in [6, 6.07) is 11.1. The first kappa shape index (κ1) is 14.2. The maximum atomic E-state index is 4.69. The van der Waals surface area contributed by atoms with E-state index >= 15 is 0 Å². The predicted octanol–water partition coefficient (Wildman–Crippen LogP) is 3.93. The zero-order valence-electron chi connectivity index (χ0n) is 11.9. The Hall–Kier alpha value is -1.19. The summed E-state index contributed by atoms with van der Waals surface area (Å²) in [5.41, 5.74) is 2.50. The molecule has 1 aromatic heterocycles. The van der Waals surface area contributed by atoms with Gasteiger partial charge in [-0.05, 0) is 25.8 Å². The van der Waals surface area contributed by atoms with Gasteiger partial charge < -0.3 is 5.32 Å². The topological polar surface area (TPSA) is 24.9 Å². The molecule has 0 aliphatic rings. The second-order valence-corrected chi connectivity index (χ2v) is 6.14. The van der Waals surface area contributed by atoms with Crippen molar-refractivity contribution < 1.29 is 0 Å². The fraction of sp³-hybridized carbons (Fsp3) is 0.438. The summed E-state index contributed by atoms with van der Waals surface area (Å²) in [5.74, 6) is 0. The average Bonchev–Trinajstić information content (AvgIpc) is 2.77. The lowest BCUT2D eigenvalue weighted by Gasteiger charge is -2.09. The molecule has 0 fully saturated rings. The van der Waals surface area contributed by atoms with Crippen LogP contribution in [-0.4, -0.2) is 11.0 Å². The Kier molecular flexibility index (Phi) is 5.11. The fourth-order valence-corrected chi connectivity index (χ4v) is 2.96. The molecule has 1 heterocycles. The van der Waals surface area contributed by atoms with Gasteiger partial charge in [0.2, 0.25) is 0 Å². The molecule has 2 nitrogen and oxygen atoms in total. The number of hydrogen-bond donors (Lipinski definition) is 1. The monoisotopic (exact) mass is 274 g/mol. The van der Waals surface area contributed by atoms with Gasteiger partial charge in [0.15, 0.2) is 0 Å². The van der Waals surface area contributed by atoms with Gasteiger partial charge in [-0.3, -0.25) is 0 Å². The molecule has 19 heavy (non-hydrogen) atoms. The first-order valence-electron chi connectivity index (χ1n) is 6.91. The highest BCUT2D eigenvalue weighted by molar-refractivity contribution is 7.11. The van der Waals surface area contributed by atoms with Crippen molar-refractivity contribution in [3.63, 3.8) is 0 Å². The minimum absolute atomic E-state index is 0.569. The molecule has 2 rings (SSSR count). The largest absolute Gasteiger partial charge is 0.309 e. The molecule has 0 spiro atoms. The summed E-state index contributed by atoms with van der Waals surface area (Å²) in [6.45, 7) is 7.48. The van der Waals surface area contributed by atoms with Crippen LogP contribution in [0.5, 0.6) is 0 Å². The summed E-state index contributed by atoms with van der Waals surface area (Å²) in [6.07, 6.45) is 2.10. The van der Waals surface area contributed by atoms with Crippen LogP contribution >= 0.6 is 11.3 Å². The lowest BCUT2D eigenvalue weighted by atomic mass is 10.2. The molecule has 0 saturated heterocycles. The Morgan fingerprint density at radius 2 is 2.00 bits per heavy atom. The van der Waals surface area contributed by atoms with Crippen LogP contribution in [0.4, 0.5) is 0 Å². The van der Waals surface area contributed by atoms with Gasteiger partial charge in [0.05, 0.1) is 10.7 Å². The van der Waals surface area contributed by atoms with Crippen LogP contribution in [0.25, 0.3) is 0 Å². The van der Waals surface area contributed by atoms with Gasteiger partial charge in [-0.2, -0.15) is 0 Å². The van der Waals surface area contributed by atoms with Crippen molar-refractivity contribution in [2.24, 2.45) is 0 Å². The van der Waals surface area contributed by atoms with E-state index < -0.39 is 0 Å². The van der Waals surface area contributed by atoms with Crippen molar-refractivity contribution in [1.29, 1.82) is 0 Å². The molecule has 2 aromatic rings. The lowest BCUT2D eigenvalue weighted by Crippen LogP contribution is -2.24. The molecule has 1 N–H and O–H groups in total. The summed E-state index contributed by atoms with van der Waals surface area (Å²) in [7, 11) is 0. The Morgan fingerprint density at radius 1 is 1.26 bits per heavy atom. The van der Waals surface area contributed by atoms with E-state index in [0.29, 0.717) is 6.04 Å². The second-order valence-electron chi connectivity index (χ2n) is 4.97. The number of rotatable bonds is 6. The SMILES string of the molecule is CCC(C)NCc1sc(Cc2ccccc2)nc1C. The molecule has 1 unspecified atom stereocenters. The number of thiazole rings is 1. The molecule has 0 amide bonds. The number of hydrogen-bond acceptors (Lipinski definition) is 3. The van der Waals surface area contributed by atoms with Crippen molar-refractivity contribution in [3.05, 3.63) is 51.5 Å². The van der Waals surface area contributed by atoms with E-state index in [1.54, 1.807) is 0 Å². The summed E-state index contributed by atoms with van der Waals surface area (Å²) >= 11 is 1.83. The van der Waals surface area contributed by atoms with Crippen LogP contribution in [0.1, 0.15) is 41.4 Å². The Bertz CT molecular complexity index is 505. The highest BCUT2D eigenvalue weighted by Gasteiger charge is 2.09. The van der Waals surface area contributed by atoms with Crippen LogP contribution < -0.4 is 5.32 Å². The summed E-state index contributed by atoms with van der Waals surface area (Å²) in [4.78, 5) is 6.06. The zero-order chi connectivity index (χ0) is 13.7. The smallest absolute Gasteiger partial charge is 0.0975 e. The number of nitrogens with one attached hydrogen (secondary N) is 1. The van der Waals surface area contributed by atoms with Gasteiger partial charge in [0.25, 0.3) is 0 Å². The van der Waals surface area contributed by atoms with E-state index in [1.807, 2.05) is 11.3 Å². The molecular formula is C16H22N2S. The van der Waals surface area contributed by atoms with E-state index in [4.69, 9.17) is 0 Å². The van der Waals surface area contributed by atoms with E-state index in [-0.39, 0.29) is 0 Å². The van der Waals surface area contributed by atoms with E-state index in [9.17, 15) is 0 Å². The standard InChI is InChI=1S/C16H22N2S/c1-4-12(2)17-11-15-13(3)18-16(19-15)10-14-8-6-5-7-9-14/h5-9,12,17H,4,10-11H2,1-3H3. The quantitative estimate of drug-likeness (QED) is 0.863. The summed E-state index contributed by atoms with van der Waals surface area (Å²) < 4.78 is 0.